The molecule has 2 amide bonds. The zero-order valence-electron chi connectivity index (χ0n) is 16.9. The predicted octanol–water partition coefficient (Wildman–Crippen LogP) is 2.78. The van der Waals surface area contributed by atoms with Crippen LogP contribution in [0.15, 0.2) is 30.3 Å². The van der Waals surface area contributed by atoms with Gasteiger partial charge in [0.1, 0.15) is 0 Å². The fourth-order valence-corrected chi connectivity index (χ4v) is 4.32. The van der Waals surface area contributed by atoms with E-state index in [9.17, 15) is 9.59 Å². The number of carbonyl (C=O) groups is 2. The number of amides is 2. The summed E-state index contributed by atoms with van der Waals surface area (Å²) in [6, 6.07) is 10.2. The van der Waals surface area contributed by atoms with Crippen LogP contribution in [0.5, 0.6) is 0 Å². The lowest BCUT2D eigenvalue weighted by molar-refractivity contribution is -0.130. The molecule has 3 rings (SSSR count). The molecule has 5 nitrogen and oxygen atoms in total. The molecule has 1 aromatic carbocycles. The van der Waals surface area contributed by atoms with E-state index < -0.39 is 0 Å². The van der Waals surface area contributed by atoms with Crippen molar-refractivity contribution in [2.24, 2.45) is 11.8 Å². The Balaban J connectivity index is 0.00000280. The number of nitrogens with zero attached hydrogens (tertiary/aromatic N) is 1. The highest BCUT2D eigenvalue weighted by Crippen LogP contribution is 2.24. The van der Waals surface area contributed by atoms with Crippen molar-refractivity contribution in [3.8, 4) is 0 Å². The maximum atomic E-state index is 12.4. The molecular weight excluding hydrogens is 374 g/mol. The lowest BCUT2D eigenvalue weighted by atomic mass is 9.84. The third-order valence-electron chi connectivity index (χ3n) is 6.07. The largest absolute Gasteiger partial charge is 0.352 e. The number of aryl methyl sites for hydroxylation is 1. The van der Waals surface area contributed by atoms with Crippen LogP contribution in [0.1, 0.15) is 44.6 Å². The zero-order valence-corrected chi connectivity index (χ0v) is 17.7. The molecule has 0 aliphatic carbocycles. The molecule has 2 heterocycles. The van der Waals surface area contributed by atoms with E-state index in [1.165, 1.54) is 18.4 Å². The van der Waals surface area contributed by atoms with Gasteiger partial charge in [0, 0.05) is 32.0 Å². The summed E-state index contributed by atoms with van der Waals surface area (Å²) in [4.78, 5) is 26.8. The van der Waals surface area contributed by atoms with Crippen molar-refractivity contribution < 1.29 is 9.59 Å². The van der Waals surface area contributed by atoms with Gasteiger partial charge in [-0.2, -0.15) is 0 Å². The van der Waals surface area contributed by atoms with Crippen LogP contribution in [0, 0.1) is 11.8 Å². The van der Waals surface area contributed by atoms with Gasteiger partial charge in [0.05, 0.1) is 0 Å². The molecule has 2 saturated heterocycles. The number of piperidine rings is 1. The summed E-state index contributed by atoms with van der Waals surface area (Å²) in [5, 5.41) is 6.54. The van der Waals surface area contributed by atoms with Crippen molar-refractivity contribution in [2.45, 2.75) is 51.5 Å². The van der Waals surface area contributed by atoms with Crippen LogP contribution in [0.3, 0.4) is 0 Å². The van der Waals surface area contributed by atoms with Crippen molar-refractivity contribution in [1.82, 2.24) is 15.5 Å². The molecule has 0 radical (unpaired) electrons. The Morgan fingerprint density at radius 2 is 1.89 bits per heavy atom. The van der Waals surface area contributed by atoms with Crippen LogP contribution in [0.2, 0.25) is 0 Å². The summed E-state index contributed by atoms with van der Waals surface area (Å²) in [6.45, 7) is 5.74. The fraction of sp³-hybridized carbons (Fsp3) is 0.636. The molecule has 0 saturated carbocycles. The average Bonchev–Trinajstić information content (AvgIpc) is 3.16. The monoisotopic (exact) mass is 407 g/mol. The zero-order chi connectivity index (χ0) is 19.1. The van der Waals surface area contributed by atoms with E-state index in [-0.39, 0.29) is 30.3 Å². The number of hydrogen-bond acceptors (Lipinski definition) is 3. The first-order valence-electron chi connectivity index (χ1n) is 10.4. The predicted molar refractivity (Wildman–Crippen MR) is 115 cm³/mol. The Labute approximate surface area is 175 Å². The number of halogens is 1. The Bertz CT molecular complexity index is 619. The van der Waals surface area contributed by atoms with Gasteiger partial charge in [-0.1, -0.05) is 37.3 Å². The maximum absolute atomic E-state index is 12.4. The summed E-state index contributed by atoms with van der Waals surface area (Å²) in [7, 11) is 0. The number of carbonyl (C=O) groups excluding carboxylic acids is 2. The van der Waals surface area contributed by atoms with Gasteiger partial charge in [-0.3, -0.25) is 9.59 Å². The van der Waals surface area contributed by atoms with Gasteiger partial charge < -0.3 is 15.5 Å². The number of rotatable bonds is 7. The van der Waals surface area contributed by atoms with Crippen LogP contribution in [0.25, 0.3) is 0 Å². The molecule has 156 valence electrons. The Morgan fingerprint density at radius 1 is 1.18 bits per heavy atom. The molecular formula is C22H34ClN3O2. The minimum atomic E-state index is 0. The van der Waals surface area contributed by atoms with Crippen LogP contribution >= 0.6 is 12.4 Å². The number of nitrogens with one attached hydrogen (secondary N) is 2. The first-order valence-corrected chi connectivity index (χ1v) is 10.4. The highest BCUT2D eigenvalue weighted by Gasteiger charge is 2.28. The lowest BCUT2D eigenvalue weighted by Crippen LogP contribution is -2.40. The van der Waals surface area contributed by atoms with Gasteiger partial charge in [0.15, 0.2) is 0 Å². The Hall–Kier alpha value is -1.59. The molecule has 2 unspecified atom stereocenters. The van der Waals surface area contributed by atoms with Crippen molar-refractivity contribution in [3.05, 3.63) is 35.9 Å². The van der Waals surface area contributed by atoms with Gasteiger partial charge in [-0.05, 0) is 56.2 Å². The molecule has 0 spiro atoms. The second kappa shape index (κ2) is 11.4. The van der Waals surface area contributed by atoms with Gasteiger partial charge in [-0.25, -0.2) is 0 Å². The molecule has 28 heavy (non-hydrogen) atoms. The lowest BCUT2D eigenvalue weighted by Gasteiger charge is -2.28. The minimum Gasteiger partial charge on any atom is -0.352 e. The summed E-state index contributed by atoms with van der Waals surface area (Å²) >= 11 is 0. The van der Waals surface area contributed by atoms with Crippen molar-refractivity contribution in [3.63, 3.8) is 0 Å². The molecule has 2 atom stereocenters. The molecule has 0 bridgehead atoms. The molecule has 1 aromatic rings. The van der Waals surface area contributed by atoms with Crippen molar-refractivity contribution in [2.75, 3.05) is 26.2 Å². The number of likely N-dealkylation sites (tertiary alicyclic amines) is 1. The quantitative estimate of drug-likeness (QED) is 0.730. The van der Waals surface area contributed by atoms with E-state index >= 15 is 0 Å². The molecule has 2 N–H and O–H groups in total. The number of hydrogen-bond donors (Lipinski definition) is 2. The van der Waals surface area contributed by atoms with Gasteiger partial charge in [0.2, 0.25) is 11.8 Å². The van der Waals surface area contributed by atoms with E-state index in [0.29, 0.717) is 31.2 Å². The van der Waals surface area contributed by atoms with Crippen LogP contribution < -0.4 is 10.6 Å². The van der Waals surface area contributed by atoms with Gasteiger partial charge in [-0.15, -0.1) is 12.4 Å². The maximum Gasteiger partial charge on any atom is 0.222 e. The second-order valence-corrected chi connectivity index (χ2v) is 8.15. The third kappa shape index (κ3) is 6.78. The summed E-state index contributed by atoms with van der Waals surface area (Å²) < 4.78 is 0. The normalized spacial score (nSPS) is 21.0. The molecule has 2 fully saturated rings. The number of benzene rings is 1. The van der Waals surface area contributed by atoms with Crippen LogP contribution in [-0.2, 0) is 16.0 Å². The highest BCUT2D eigenvalue weighted by molar-refractivity contribution is 5.85. The average molecular weight is 408 g/mol. The van der Waals surface area contributed by atoms with Gasteiger partial charge in [0.25, 0.3) is 0 Å². The SMILES string of the molecule is CC(CC(=O)NC1CCN(C(=O)CCc2ccccc2)C1)C1CCNCC1.Cl. The topological polar surface area (TPSA) is 61.4 Å². The summed E-state index contributed by atoms with van der Waals surface area (Å²) in [5.41, 5.74) is 1.20. The Kier molecular flexibility index (Phi) is 9.26. The fourth-order valence-electron chi connectivity index (χ4n) is 4.32. The molecule has 2 aliphatic rings. The van der Waals surface area contributed by atoms with Crippen LogP contribution in [-0.4, -0.2) is 48.9 Å². The van der Waals surface area contributed by atoms with Crippen LogP contribution in [0.4, 0.5) is 0 Å². The smallest absolute Gasteiger partial charge is 0.222 e. The van der Waals surface area contributed by atoms with Crippen molar-refractivity contribution in [1.29, 1.82) is 0 Å². The summed E-state index contributed by atoms with van der Waals surface area (Å²) in [6.07, 6.45) is 5.12. The van der Waals surface area contributed by atoms with E-state index in [2.05, 4.69) is 29.7 Å². The van der Waals surface area contributed by atoms with E-state index in [0.717, 1.165) is 32.5 Å². The van der Waals surface area contributed by atoms with E-state index in [1.807, 2.05) is 23.1 Å². The molecule has 2 aliphatic heterocycles. The second-order valence-electron chi connectivity index (χ2n) is 8.15. The molecule has 0 aromatic heterocycles. The minimum absolute atomic E-state index is 0. The van der Waals surface area contributed by atoms with Gasteiger partial charge >= 0.3 is 0 Å². The Morgan fingerprint density at radius 3 is 2.61 bits per heavy atom. The van der Waals surface area contributed by atoms with Crippen molar-refractivity contribution >= 4 is 24.2 Å². The first kappa shape index (κ1) is 22.7. The third-order valence-corrected chi connectivity index (χ3v) is 6.07. The summed E-state index contributed by atoms with van der Waals surface area (Å²) in [5.74, 6) is 1.41. The first-order chi connectivity index (χ1) is 13.1. The highest BCUT2D eigenvalue weighted by atomic mass is 35.5. The van der Waals surface area contributed by atoms with E-state index in [1.54, 1.807) is 0 Å². The van der Waals surface area contributed by atoms with E-state index in [4.69, 9.17) is 0 Å². The standard InChI is InChI=1S/C22H33N3O2.ClH/c1-17(19-9-12-23-13-10-19)15-21(26)24-20-11-14-25(16-20)22(27)8-7-18-5-3-2-4-6-18;/h2-6,17,19-20,23H,7-16H2,1H3,(H,24,26);1H. The molecule has 6 heteroatoms.